The van der Waals surface area contributed by atoms with E-state index in [1.807, 2.05) is 13.8 Å². The molecule has 0 aliphatic rings. The minimum atomic E-state index is -1.05. The Labute approximate surface area is 132 Å². The number of anilines is 1. The van der Waals surface area contributed by atoms with E-state index in [0.717, 1.165) is 0 Å². The Hall–Kier alpha value is -2.96. The molecule has 7 nitrogen and oxygen atoms in total. The maximum absolute atomic E-state index is 12.4. The third kappa shape index (κ3) is 3.45. The van der Waals surface area contributed by atoms with E-state index in [4.69, 9.17) is 5.11 Å². The van der Waals surface area contributed by atoms with Gasteiger partial charge in [-0.25, -0.2) is 9.89 Å². The smallest absolute Gasteiger partial charge is 0.335 e. The van der Waals surface area contributed by atoms with Crippen molar-refractivity contribution in [3.63, 3.8) is 0 Å². The molecule has 1 heterocycles. The molecule has 0 saturated heterocycles. The molecule has 0 atom stereocenters. The van der Waals surface area contributed by atoms with Crippen LogP contribution in [0, 0.1) is 0 Å². The molecule has 7 heteroatoms. The summed E-state index contributed by atoms with van der Waals surface area (Å²) in [5.74, 6) is -1.59. The van der Waals surface area contributed by atoms with Crippen molar-refractivity contribution >= 4 is 17.6 Å². The van der Waals surface area contributed by atoms with Crippen LogP contribution in [0.3, 0.4) is 0 Å². The number of hydrogen-bond donors (Lipinski definition) is 3. The Morgan fingerprint density at radius 3 is 2.35 bits per heavy atom. The van der Waals surface area contributed by atoms with E-state index in [-0.39, 0.29) is 11.1 Å². The fraction of sp³-hybridized carbons (Fsp3) is 0.250. The number of aromatic carboxylic acids is 1. The molecule has 120 valence electrons. The first-order chi connectivity index (χ1) is 11.0. The minimum Gasteiger partial charge on any atom is -0.478 e. The first kappa shape index (κ1) is 16.4. The average Bonchev–Trinajstić information content (AvgIpc) is 2.54. The molecule has 0 saturated carbocycles. The number of carboxylic acids is 1. The zero-order chi connectivity index (χ0) is 17.0. The lowest BCUT2D eigenvalue weighted by Gasteiger charge is -2.11. The highest BCUT2D eigenvalue weighted by atomic mass is 16.4. The predicted molar refractivity (Wildman–Crippen MR) is 85.0 cm³/mol. The lowest BCUT2D eigenvalue weighted by atomic mass is 10.0. The Kier molecular flexibility index (Phi) is 4.90. The molecule has 1 aromatic heterocycles. The summed E-state index contributed by atoms with van der Waals surface area (Å²) in [4.78, 5) is 35.2. The number of benzene rings is 1. The van der Waals surface area contributed by atoms with Crippen molar-refractivity contribution < 1.29 is 14.7 Å². The first-order valence-electron chi connectivity index (χ1n) is 7.23. The van der Waals surface area contributed by atoms with Crippen LogP contribution in [0.15, 0.2) is 29.1 Å². The Bertz CT molecular complexity index is 794. The Morgan fingerprint density at radius 1 is 1.17 bits per heavy atom. The van der Waals surface area contributed by atoms with Crippen molar-refractivity contribution in [1.29, 1.82) is 0 Å². The normalized spacial score (nSPS) is 10.3. The summed E-state index contributed by atoms with van der Waals surface area (Å²) in [5, 5.41) is 17.8. The van der Waals surface area contributed by atoms with Crippen LogP contribution in [0.1, 0.15) is 45.8 Å². The van der Waals surface area contributed by atoms with Gasteiger partial charge >= 0.3 is 5.97 Å². The molecular weight excluding hydrogens is 298 g/mol. The van der Waals surface area contributed by atoms with Crippen molar-refractivity contribution in [2.24, 2.45) is 0 Å². The molecule has 0 fully saturated rings. The summed E-state index contributed by atoms with van der Waals surface area (Å²) in [6.07, 6.45) is 1.12. The topological polar surface area (TPSA) is 112 Å². The van der Waals surface area contributed by atoms with Gasteiger partial charge in [0.05, 0.1) is 11.3 Å². The van der Waals surface area contributed by atoms with Gasteiger partial charge in [-0.3, -0.25) is 9.59 Å². The van der Waals surface area contributed by atoms with Gasteiger partial charge in [0, 0.05) is 5.69 Å². The number of aryl methyl sites for hydroxylation is 1. The SMILES string of the molecule is CCc1n[nH]c(=O)c(C(=O)Nc2ccc(C(=O)O)cc2)c1CC. The molecule has 23 heavy (non-hydrogen) atoms. The maximum Gasteiger partial charge on any atom is 0.335 e. The van der Waals surface area contributed by atoms with Gasteiger partial charge in [-0.1, -0.05) is 13.8 Å². The largest absolute Gasteiger partial charge is 0.478 e. The maximum atomic E-state index is 12.4. The van der Waals surface area contributed by atoms with E-state index in [2.05, 4.69) is 15.5 Å². The van der Waals surface area contributed by atoms with Gasteiger partial charge in [-0.15, -0.1) is 0 Å². The van der Waals surface area contributed by atoms with Gasteiger partial charge in [0.15, 0.2) is 0 Å². The highest BCUT2D eigenvalue weighted by Crippen LogP contribution is 2.14. The molecule has 1 amide bonds. The highest BCUT2D eigenvalue weighted by molar-refractivity contribution is 6.05. The molecule has 0 bridgehead atoms. The summed E-state index contributed by atoms with van der Waals surface area (Å²) in [6.45, 7) is 3.75. The van der Waals surface area contributed by atoms with E-state index in [9.17, 15) is 14.4 Å². The van der Waals surface area contributed by atoms with Crippen LogP contribution in [-0.2, 0) is 12.8 Å². The van der Waals surface area contributed by atoms with E-state index < -0.39 is 17.4 Å². The van der Waals surface area contributed by atoms with Gasteiger partial charge in [0.2, 0.25) is 0 Å². The van der Waals surface area contributed by atoms with Crippen LogP contribution < -0.4 is 10.9 Å². The standard InChI is InChI=1S/C16H17N3O4/c1-3-11-12(4-2)18-19-15(21)13(11)14(20)17-10-7-5-9(6-8-10)16(22)23/h5-8H,3-4H2,1-2H3,(H,17,20)(H,19,21)(H,22,23). The van der Waals surface area contributed by atoms with Gasteiger partial charge in [0.1, 0.15) is 5.56 Å². The Morgan fingerprint density at radius 2 is 1.83 bits per heavy atom. The van der Waals surface area contributed by atoms with Crippen molar-refractivity contribution in [2.75, 3.05) is 5.32 Å². The fourth-order valence-corrected chi connectivity index (χ4v) is 2.33. The monoisotopic (exact) mass is 315 g/mol. The van der Waals surface area contributed by atoms with Crippen LogP contribution in [0.5, 0.6) is 0 Å². The molecule has 0 radical (unpaired) electrons. The molecule has 3 N–H and O–H groups in total. The number of nitrogens with one attached hydrogen (secondary N) is 2. The van der Waals surface area contributed by atoms with Gasteiger partial charge in [-0.2, -0.15) is 5.10 Å². The third-order valence-corrected chi connectivity index (χ3v) is 3.47. The molecule has 1 aromatic carbocycles. The van der Waals surface area contributed by atoms with Gasteiger partial charge in [0.25, 0.3) is 11.5 Å². The number of rotatable bonds is 5. The van der Waals surface area contributed by atoms with E-state index in [1.54, 1.807) is 0 Å². The van der Waals surface area contributed by atoms with E-state index in [1.165, 1.54) is 24.3 Å². The molecule has 2 aromatic rings. The summed E-state index contributed by atoms with van der Waals surface area (Å²) < 4.78 is 0. The van der Waals surface area contributed by atoms with Crippen molar-refractivity contribution in [3.05, 3.63) is 57.0 Å². The zero-order valence-corrected chi connectivity index (χ0v) is 12.8. The van der Waals surface area contributed by atoms with Crippen molar-refractivity contribution in [3.8, 4) is 0 Å². The lowest BCUT2D eigenvalue weighted by Crippen LogP contribution is -2.27. The Balaban J connectivity index is 2.34. The lowest BCUT2D eigenvalue weighted by molar-refractivity contribution is 0.0696. The summed E-state index contributed by atoms with van der Waals surface area (Å²) >= 11 is 0. The number of aromatic nitrogens is 2. The molecular formula is C16H17N3O4. The molecule has 2 rings (SSSR count). The number of H-pyrrole nitrogens is 1. The second-order valence-electron chi connectivity index (χ2n) is 4.90. The van der Waals surface area contributed by atoms with E-state index in [0.29, 0.717) is 29.8 Å². The summed E-state index contributed by atoms with van der Waals surface area (Å²) in [5.41, 5.74) is 1.33. The van der Waals surface area contributed by atoms with Crippen molar-refractivity contribution in [2.45, 2.75) is 26.7 Å². The number of hydrogen-bond acceptors (Lipinski definition) is 4. The van der Waals surface area contributed by atoms with Crippen LogP contribution in [0.2, 0.25) is 0 Å². The molecule has 0 spiro atoms. The quantitative estimate of drug-likeness (QED) is 0.779. The zero-order valence-electron chi connectivity index (χ0n) is 12.8. The molecule has 0 aliphatic heterocycles. The molecule has 0 aliphatic carbocycles. The number of amides is 1. The number of carbonyl (C=O) groups is 2. The number of carbonyl (C=O) groups excluding carboxylic acids is 1. The number of aromatic amines is 1. The number of carboxylic acid groups (broad SMARTS) is 1. The van der Waals surface area contributed by atoms with Crippen molar-refractivity contribution in [1.82, 2.24) is 10.2 Å². The van der Waals surface area contributed by atoms with Crippen LogP contribution in [0.4, 0.5) is 5.69 Å². The van der Waals surface area contributed by atoms with Crippen LogP contribution in [0.25, 0.3) is 0 Å². The summed E-state index contributed by atoms with van der Waals surface area (Å²) in [6, 6.07) is 5.71. The first-order valence-corrected chi connectivity index (χ1v) is 7.23. The average molecular weight is 315 g/mol. The second kappa shape index (κ2) is 6.87. The highest BCUT2D eigenvalue weighted by Gasteiger charge is 2.19. The molecule has 0 unspecified atom stereocenters. The van der Waals surface area contributed by atoms with Gasteiger partial charge in [-0.05, 0) is 42.7 Å². The third-order valence-electron chi connectivity index (χ3n) is 3.47. The summed E-state index contributed by atoms with van der Waals surface area (Å²) in [7, 11) is 0. The minimum absolute atomic E-state index is 0.0432. The van der Waals surface area contributed by atoms with Crippen LogP contribution in [-0.4, -0.2) is 27.2 Å². The predicted octanol–water partition coefficient (Wildman–Crippen LogP) is 1.85. The second-order valence-corrected chi connectivity index (χ2v) is 4.90. The van der Waals surface area contributed by atoms with Gasteiger partial charge < -0.3 is 10.4 Å². The van der Waals surface area contributed by atoms with E-state index >= 15 is 0 Å². The fourth-order valence-electron chi connectivity index (χ4n) is 2.33. The number of nitrogens with zero attached hydrogens (tertiary/aromatic N) is 1. The van der Waals surface area contributed by atoms with Crippen LogP contribution >= 0.6 is 0 Å².